The molecule has 0 aromatic carbocycles. The molecule has 0 aromatic rings. The molecule has 0 bridgehead atoms. The Morgan fingerprint density at radius 2 is 0.978 bits per heavy atom. The smallest absolute Gasteiger partial charge is 1.00 e. The summed E-state index contributed by atoms with van der Waals surface area (Å²) in [7, 11) is 0. The van der Waals surface area contributed by atoms with Gasteiger partial charge in [0, 0.05) is 39.4 Å². The predicted molar refractivity (Wildman–Crippen MR) is 305 cm³/mol. The number of rotatable bonds is 5. The molecule has 6 spiro atoms. The van der Waals surface area contributed by atoms with Crippen LogP contribution in [0, 0.1) is 83.4 Å². The second-order valence-corrected chi connectivity index (χ2v) is 31.1. The van der Waals surface area contributed by atoms with Gasteiger partial charge in [-0.2, -0.15) is 6.92 Å². The third-order valence-corrected chi connectivity index (χ3v) is 28.2. The van der Waals surface area contributed by atoms with Crippen molar-refractivity contribution in [1.82, 2.24) is 0 Å². The van der Waals surface area contributed by atoms with Crippen molar-refractivity contribution in [2.75, 3.05) is 19.8 Å². The van der Waals surface area contributed by atoms with Gasteiger partial charge in [0.2, 0.25) is 5.78 Å². The average Bonchev–Trinajstić information content (AvgIpc) is 1.42. The van der Waals surface area contributed by atoms with Crippen LogP contribution in [0.2, 0.25) is 0 Å². The Morgan fingerprint density at radius 1 is 0.562 bits per heavy atom. The second-order valence-electron chi connectivity index (χ2n) is 31.1. The molecule has 2 N–H and O–H groups in total. The van der Waals surface area contributed by atoms with E-state index < -0.39 is 61.6 Å². The molecular weight excluding hydrogens is 1220 g/mol. The van der Waals surface area contributed by atoms with E-state index in [0.29, 0.717) is 39.1 Å². The summed E-state index contributed by atoms with van der Waals surface area (Å²) >= 11 is 0. The summed E-state index contributed by atoms with van der Waals surface area (Å²) in [6, 6.07) is 0. The van der Waals surface area contributed by atoms with Crippen molar-refractivity contribution in [3.8, 4) is 24.7 Å². The minimum atomic E-state index is -1.34. The van der Waals surface area contributed by atoms with Crippen LogP contribution in [0.25, 0.3) is 0 Å². The maximum absolute atomic E-state index is 13.6. The SMILES string of the molecule is C#CCC1(O)[C@]23O[C@H]2C[C@H]2C4=C(CC[C@]2(C)[C@@]32O[C@H]2[C@@H]2O[C@@]21C(C)C)C(=O)OC4.C#C[CH2-].C=C=CC1(O)[C@]23O[C@H]2C[C@H]2C4=C(CC[C@]2(C)[C@@]32O[C@H]2[C@@H]2O[C@@]21C(C)C)C(=O)OC4.CC(C)[C@]12O[C@H]1[C@@H]1O[C@@]13[C@@]1(C)CCC4=C(COC4=O)[C@@H]1C[C@@H]1O[C@@]13C2=O.[Br-].[Mg+2]. The molecule has 0 radical (unpaired) electrons. The van der Waals surface area contributed by atoms with Crippen molar-refractivity contribution >= 4 is 46.7 Å². The van der Waals surface area contributed by atoms with E-state index in [1.807, 2.05) is 19.8 Å². The van der Waals surface area contributed by atoms with Crippen LogP contribution in [0.5, 0.6) is 0 Å². The molecule has 9 saturated heterocycles. The van der Waals surface area contributed by atoms with Gasteiger partial charge in [-0.1, -0.05) is 68.9 Å². The van der Waals surface area contributed by atoms with Crippen molar-refractivity contribution in [2.24, 2.45) is 51.8 Å². The van der Waals surface area contributed by atoms with Crippen molar-refractivity contribution in [3.05, 3.63) is 58.7 Å². The molecule has 20 heteroatoms. The molecule has 21 aliphatic rings. The number of esters is 3. The summed E-state index contributed by atoms with van der Waals surface area (Å²) in [5, 5.41) is 24.5. The first-order chi connectivity index (χ1) is 41.3. The van der Waals surface area contributed by atoms with Gasteiger partial charge < -0.3 is 96.4 Å². The number of ketones is 1. The number of Topliss-reactive ketones (excluding diaryl/α,β-unsaturated/α-hetero) is 1. The number of fused-ring (bicyclic) bond motifs is 12. The van der Waals surface area contributed by atoms with Crippen LogP contribution < -0.4 is 17.0 Å². The first kappa shape index (κ1) is 60.6. The first-order valence-corrected chi connectivity index (χ1v) is 32.1. The molecule has 89 heavy (non-hydrogen) atoms. The van der Waals surface area contributed by atoms with E-state index >= 15 is 0 Å². The largest absolute Gasteiger partial charge is 2.00 e. The van der Waals surface area contributed by atoms with Gasteiger partial charge in [0.05, 0.1) is 18.3 Å². The summed E-state index contributed by atoms with van der Waals surface area (Å²) in [4.78, 5) is 50.1. The first-order valence-electron chi connectivity index (χ1n) is 32.1. The zero-order chi connectivity index (χ0) is 60.9. The molecule has 21 rings (SSSR count). The van der Waals surface area contributed by atoms with E-state index in [4.69, 9.17) is 63.3 Å². The molecule has 15 fully saturated rings. The van der Waals surface area contributed by atoms with Crippen molar-refractivity contribution in [1.29, 1.82) is 0 Å². The standard InChI is InChI=1S/2C23H26O6.C20H22O6.C3H3.BrH.Mg/c2*1-5-7-20(25)21(11(2)3)16(28-21)17-23(29-17)19(4)8-6-12-13(10-26-18(12)24)14(19)9-15-22(20,23)27-15;1-8(2)18-13(25-18)14-20(26-14)17(3)5-4-9-10(7-23-15(9)21)11(17)6-12-19(20,24-12)16(18)22;1-3-2;;/h7,11,14-17,25H,1,6,8-10H2,2-4H3;1,11,14-17,25H,6-10H2,2-4H3;8,11-14H,4-7H2,1-3H3;1H,2H2;1H;/q;;;-1;;+2/p-1/t2*14-,15-,16-,17-,19-,20?,21-,22+,23+;11-,12-,13-,14-,17-,18-,19+,20+;;;/m000.../s1. The Kier molecular flexibility index (Phi) is 11.8. The molecule has 6 saturated carbocycles. The third kappa shape index (κ3) is 5.76. The van der Waals surface area contributed by atoms with Gasteiger partial charge in [-0.15, -0.1) is 18.1 Å². The zero-order valence-corrected chi connectivity index (χ0v) is 55.0. The summed E-state index contributed by atoms with van der Waals surface area (Å²) in [6.07, 6.45) is 17.8. The van der Waals surface area contributed by atoms with E-state index in [-0.39, 0.29) is 177 Å². The molecule has 0 amide bonds. The normalized spacial score (nSPS) is 56.8. The van der Waals surface area contributed by atoms with Crippen LogP contribution in [-0.2, 0) is 76.0 Å². The molecule has 26 atom stereocenters. The van der Waals surface area contributed by atoms with Crippen molar-refractivity contribution < 1.29 is 103 Å². The van der Waals surface area contributed by atoms with Crippen molar-refractivity contribution in [3.63, 3.8) is 0 Å². The molecule has 2 unspecified atom stereocenters. The summed E-state index contributed by atoms with van der Waals surface area (Å²) < 4.78 is 73.6. The molecular formula is C69H77BrMgO18. The van der Waals surface area contributed by atoms with Gasteiger partial charge in [0.25, 0.3) is 0 Å². The number of ether oxygens (including phenoxy) is 12. The Balaban J connectivity index is 0.000000104. The van der Waals surface area contributed by atoms with Gasteiger partial charge >= 0.3 is 41.0 Å². The number of terminal acetylenes is 2. The molecule has 0 aromatic heterocycles. The molecule has 470 valence electrons. The fourth-order valence-corrected chi connectivity index (χ4v) is 24.2. The zero-order valence-electron chi connectivity index (χ0n) is 52.0. The van der Waals surface area contributed by atoms with E-state index in [0.717, 1.165) is 72.0 Å². The van der Waals surface area contributed by atoms with Gasteiger partial charge in [-0.05, 0) is 116 Å². The van der Waals surface area contributed by atoms with E-state index in [1.165, 1.54) is 0 Å². The van der Waals surface area contributed by atoms with Crippen LogP contribution >= 0.6 is 0 Å². The topological polar surface area (TPSA) is 249 Å². The molecule has 12 heterocycles. The Hall–Kier alpha value is -3.38. The predicted octanol–water partition coefficient (Wildman–Crippen LogP) is 1.70. The monoisotopic (exact) mass is 1300 g/mol. The number of hydrogen-bond acceptors (Lipinski definition) is 18. The van der Waals surface area contributed by atoms with Crippen LogP contribution in [0.15, 0.2) is 51.8 Å². The number of halogens is 1. The van der Waals surface area contributed by atoms with E-state index in [9.17, 15) is 29.4 Å². The number of hydrogen-bond donors (Lipinski definition) is 2. The summed E-state index contributed by atoms with van der Waals surface area (Å²) in [5.74, 6) is 5.14. The quantitative estimate of drug-likeness (QED) is 0.0756. The fourth-order valence-electron chi connectivity index (χ4n) is 24.2. The minimum Gasteiger partial charge on any atom is -1.00 e. The van der Waals surface area contributed by atoms with Crippen molar-refractivity contribution in [2.45, 2.75) is 243 Å². The van der Waals surface area contributed by atoms with E-state index in [2.05, 4.69) is 80.0 Å². The van der Waals surface area contributed by atoms with Gasteiger partial charge in [0.1, 0.15) is 90.1 Å². The average molecular weight is 1300 g/mol. The van der Waals surface area contributed by atoms with Gasteiger partial charge in [-0.25, -0.2) is 14.4 Å². The fraction of sp³-hybridized carbons (Fsp3) is 0.739. The molecule has 9 aliphatic carbocycles. The van der Waals surface area contributed by atoms with Crippen LogP contribution in [0.3, 0.4) is 0 Å². The third-order valence-electron chi connectivity index (χ3n) is 28.2. The number of cyclic esters (lactones) is 3. The Bertz CT molecular complexity index is 3630. The van der Waals surface area contributed by atoms with Crippen LogP contribution in [0.1, 0.15) is 127 Å². The molecule has 18 nitrogen and oxygen atoms in total. The summed E-state index contributed by atoms with van der Waals surface area (Å²) in [5.41, 5.74) is -1.09. The number of aliphatic hydroxyl groups is 2. The molecule has 12 aliphatic heterocycles. The number of epoxide rings is 9. The number of carbonyl (C=O) groups is 4. The van der Waals surface area contributed by atoms with Gasteiger partial charge in [-0.3, -0.25) is 4.79 Å². The van der Waals surface area contributed by atoms with Gasteiger partial charge in [0.15, 0.2) is 28.0 Å². The Morgan fingerprint density at radius 3 is 1.45 bits per heavy atom. The second kappa shape index (κ2) is 17.4. The number of carbonyl (C=O) groups excluding carboxylic acids is 4. The van der Waals surface area contributed by atoms with E-state index in [1.54, 1.807) is 6.08 Å². The van der Waals surface area contributed by atoms with Crippen LogP contribution in [-0.4, -0.2) is 193 Å². The Labute approximate surface area is 544 Å². The maximum Gasteiger partial charge on any atom is 2.00 e. The summed E-state index contributed by atoms with van der Waals surface area (Å²) in [6.45, 7) is 27.1. The van der Waals surface area contributed by atoms with Crippen LogP contribution in [0.4, 0.5) is 0 Å². The maximum atomic E-state index is 13.6. The minimum absolute atomic E-state index is 0.